The molecule has 5 nitrogen and oxygen atoms in total. The summed E-state index contributed by atoms with van der Waals surface area (Å²) in [6.45, 7) is 12.0. The molecule has 1 heterocycles. The van der Waals surface area contributed by atoms with E-state index in [1.807, 2.05) is 38.3 Å². The Morgan fingerprint density at radius 3 is 2.13 bits per heavy atom. The number of hydrogen-bond acceptors (Lipinski definition) is 4. The molecule has 2 aromatic carbocycles. The molecular formula is C25H29N3O2S. The SMILES string of the molecule is Cc1ccc(C(=O)NC(C(=O)Nc2nc(-c3c(C)cc(C)cc3C)cs2)C(C)C)cc1. The maximum Gasteiger partial charge on any atom is 0.251 e. The van der Waals surface area contributed by atoms with Crippen molar-refractivity contribution < 1.29 is 9.59 Å². The average Bonchev–Trinajstić information content (AvgIpc) is 3.13. The first-order valence-electron chi connectivity index (χ1n) is 10.4. The molecule has 0 saturated carbocycles. The Balaban J connectivity index is 1.75. The minimum absolute atomic E-state index is 0.0737. The third kappa shape index (κ3) is 5.39. The van der Waals surface area contributed by atoms with Gasteiger partial charge in [-0.05, 0) is 56.9 Å². The number of anilines is 1. The van der Waals surface area contributed by atoms with Gasteiger partial charge in [0, 0.05) is 16.5 Å². The van der Waals surface area contributed by atoms with Gasteiger partial charge in [0.2, 0.25) is 5.91 Å². The summed E-state index contributed by atoms with van der Waals surface area (Å²) in [5.41, 5.74) is 7.08. The van der Waals surface area contributed by atoms with Gasteiger partial charge in [0.25, 0.3) is 5.91 Å². The van der Waals surface area contributed by atoms with Crippen molar-refractivity contribution in [2.45, 2.75) is 47.6 Å². The Morgan fingerprint density at radius 2 is 1.55 bits per heavy atom. The summed E-state index contributed by atoms with van der Waals surface area (Å²) in [5, 5.41) is 8.22. The van der Waals surface area contributed by atoms with E-state index < -0.39 is 6.04 Å². The van der Waals surface area contributed by atoms with Gasteiger partial charge in [-0.1, -0.05) is 49.2 Å². The van der Waals surface area contributed by atoms with Crippen LogP contribution in [-0.4, -0.2) is 22.8 Å². The third-order valence-electron chi connectivity index (χ3n) is 5.22. The number of aryl methyl sites for hydroxylation is 4. The predicted octanol–water partition coefficient (Wildman–Crippen LogP) is 5.44. The molecule has 162 valence electrons. The number of carbonyl (C=O) groups is 2. The molecular weight excluding hydrogens is 406 g/mol. The van der Waals surface area contributed by atoms with Crippen molar-refractivity contribution in [2.75, 3.05) is 5.32 Å². The quantitative estimate of drug-likeness (QED) is 0.542. The van der Waals surface area contributed by atoms with E-state index in [4.69, 9.17) is 0 Å². The second kappa shape index (κ2) is 9.43. The van der Waals surface area contributed by atoms with Crippen LogP contribution in [0.1, 0.15) is 46.5 Å². The second-order valence-corrected chi connectivity index (χ2v) is 9.22. The van der Waals surface area contributed by atoms with Crippen LogP contribution in [0.5, 0.6) is 0 Å². The molecule has 3 aromatic rings. The first kappa shape index (κ1) is 22.7. The highest BCUT2D eigenvalue weighted by molar-refractivity contribution is 7.14. The molecule has 31 heavy (non-hydrogen) atoms. The molecule has 2 N–H and O–H groups in total. The minimum atomic E-state index is -0.663. The lowest BCUT2D eigenvalue weighted by molar-refractivity contribution is -0.118. The summed E-state index contributed by atoms with van der Waals surface area (Å²) in [6, 6.07) is 10.9. The normalized spacial score (nSPS) is 12.0. The zero-order valence-electron chi connectivity index (χ0n) is 18.9. The molecule has 0 aliphatic heterocycles. The highest BCUT2D eigenvalue weighted by Gasteiger charge is 2.25. The van der Waals surface area contributed by atoms with Crippen LogP contribution in [0.2, 0.25) is 0 Å². The average molecular weight is 436 g/mol. The summed E-state index contributed by atoms with van der Waals surface area (Å²) in [4.78, 5) is 30.2. The lowest BCUT2D eigenvalue weighted by Crippen LogP contribution is -2.47. The highest BCUT2D eigenvalue weighted by atomic mass is 32.1. The van der Waals surface area contributed by atoms with Crippen LogP contribution in [-0.2, 0) is 4.79 Å². The molecule has 3 rings (SSSR count). The fraction of sp³-hybridized carbons (Fsp3) is 0.320. The molecule has 6 heteroatoms. The molecule has 0 saturated heterocycles. The molecule has 0 bridgehead atoms. The van der Waals surface area contributed by atoms with Gasteiger partial charge in [-0.2, -0.15) is 0 Å². The van der Waals surface area contributed by atoms with Crippen LogP contribution < -0.4 is 10.6 Å². The summed E-state index contributed by atoms with van der Waals surface area (Å²) >= 11 is 1.38. The Labute approximate surface area is 187 Å². The molecule has 0 radical (unpaired) electrons. The van der Waals surface area contributed by atoms with Crippen LogP contribution in [0.25, 0.3) is 11.3 Å². The first-order chi connectivity index (χ1) is 14.7. The van der Waals surface area contributed by atoms with Crippen LogP contribution in [0.3, 0.4) is 0 Å². The van der Waals surface area contributed by atoms with Gasteiger partial charge in [0.05, 0.1) is 5.69 Å². The number of nitrogens with zero attached hydrogens (tertiary/aromatic N) is 1. The number of hydrogen-bond donors (Lipinski definition) is 2. The van der Waals surface area contributed by atoms with E-state index in [0.29, 0.717) is 10.7 Å². The molecule has 0 aliphatic rings. The summed E-state index contributed by atoms with van der Waals surface area (Å²) in [6.07, 6.45) is 0. The van der Waals surface area contributed by atoms with Gasteiger partial charge in [-0.15, -0.1) is 11.3 Å². The lowest BCUT2D eigenvalue weighted by Gasteiger charge is -2.21. The van der Waals surface area contributed by atoms with E-state index in [0.717, 1.165) is 27.9 Å². The topological polar surface area (TPSA) is 71.1 Å². The lowest BCUT2D eigenvalue weighted by atomic mass is 9.98. The Bertz CT molecular complexity index is 1080. The maximum absolute atomic E-state index is 12.9. The molecule has 2 amide bonds. The van der Waals surface area contributed by atoms with Crippen LogP contribution in [0, 0.1) is 33.6 Å². The highest BCUT2D eigenvalue weighted by Crippen LogP contribution is 2.31. The van der Waals surface area contributed by atoms with E-state index in [-0.39, 0.29) is 17.7 Å². The van der Waals surface area contributed by atoms with E-state index in [2.05, 4.69) is 48.5 Å². The van der Waals surface area contributed by atoms with E-state index in [1.54, 1.807) is 12.1 Å². The number of amides is 2. The first-order valence-corrected chi connectivity index (χ1v) is 11.3. The maximum atomic E-state index is 12.9. The van der Waals surface area contributed by atoms with Crippen molar-refractivity contribution >= 4 is 28.3 Å². The number of nitrogens with one attached hydrogen (secondary N) is 2. The second-order valence-electron chi connectivity index (χ2n) is 8.36. The number of aromatic nitrogens is 1. The van der Waals surface area contributed by atoms with Gasteiger partial charge in [-0.3, -0.25) is 9.59 Å². The monoisotopic (exact) mass is 435 g/mol. The van der Waals surface area contributed by atoms with Crippen molar-refractivity contribution in [2.24, 2.45) is 5.92 Å². The molecule has 1 atom stereocenters. The molecule has 0 aliphatic carbocycles. The number of benzene rings is 2. The van der Waals surface area contributed by atoms with Crippen molar-refractivity contribution in [1.29, 1.82) is 0 Å². The van der Waals surface area contributed by atoms with Gasteiger partial charge in [0.15, 0.2) is 5.13 Å². The summed E-state index contributed by atoms with van der Waals surface area (Å²) in [7, 11) is 0. The zero-order valence-corrected chi connectivity index (χ0v) is 19.7. The van der Waals surface area contributed by atoms with Gasteiger partial charge in [0.1, 0.15) is 6.04 Å². The van der Waals surface area contributed by atoms with Crippen LogP contribution in [0.4, 0.5) is 5.13 Å². The van der Waals surface area contributed by atoms with Crippen molar-refractivity contribution in [3.63, 3.8) is 0 Å². The van der Waals surface area contributed by atoms with Crippen molar-refractivity contribution in [3.8, 4) is 11.3 Å². The molecule has 1 aromatic heterocycles. The summed E-state index contributed by atoms with van der Waals surface area (Å²) < 4.78 is 0. The van der Waals surface area contributed by atoms with Crippen LogP contribution in [0.15, 0.2) is 41.8 Å². The Hall–Kier alpha value is -2.99. The number of thiazole rings is 1. The van der Waals surface area contributed by atoms with Crippen molar-refractivity contribution in [1.82, 2.24) is 10.3 Å². The predicted molar refractivity (Wildman–Crippen MR) is 128 cm³/mol. The fourth-order valence-electron chi connectivity index (χ4n) is 3.68. The standard InChI is InChI=1S/C25H29N3O2S/c1-14(2)22(27-23(29)19-9-7-15(3)8-10-19)24(30)28-25-26-20(13-31-25)21-17(5)11-16(4)12-18(21)6/h7-14,22H,1-6H3,(H,27,29)(H,26,28,30). The third-order valence-corrected chi connectivity index (χ3v) is 5.97. The van der Waals surface area contributed by atoms with Gasteiger partial charge >= 0.3 is 0 Å². The largest absolute Gasteiger partial charge is 0.340 e. The van der Waals surface area contributed by atoms with E-state index in [1.165, 1.54) is 16.9 Å². The smallest absolute Gasteiger partial charge is 0.251 e. The molecule has 0 fully saturated rings. The van der Waals surface area contributed by atoms with E-state index >= 15 is 0 Å². The fourth-order valence-corrected chi connectivity index (χ4v) is 4.38. The zero-order chi connectivity index (χ0) is 22.7. The number of carbonyl (C=O) groups excluding carboxylic acids is 2. The van der Waals surface area contributed by atoms with Crippen molar-refractivity contribution in [3.05, 3.63) is 69.6 Å². The summed E-state index contributed by atoms with van der Waals surface area (Å²) in [5.74, 6) is -0.608. The number of rotatable bonds is 6. The Kier molecular flexibility index (Phi) is 6.91. The van der Waals surface area contributed by atoms with E-state index in [9.17, 15) is 9.59 Å². The molecule has 0 spiro atoms. The minimum Gasteiger partial charge on any atom is -0.340 e. The van der Waals surface area contributed by atoms with Crippen LogP contribution >= 0.6 is 11.3 Å². The van der Waals surface area contributed by atoms with Gasteiger partial charge in [-0.25, -0.2) is 4.98 Å². The molecule has 1 unspecified atom stereocenters. The van der Waals surface area contributed by atoms with Gasteiger partial charge < -0.3 is 10.6 Å². The Morgan fingerprint density at radius 1 is 0.935 bits per heavy atom.